The summed E-state index contributed by atoms with van der Waals surface area (Å²) in [6.45, 7) is 1.21. The Hall–Kier alpha value is -0.610. The van der Waals surface area contributed by atoms with Gasteiger partial charge in [-0.3, -0.25) is 10.5 Å². The summed E-state index contributed by atoms with van der Waals surface area (Å²) in [5.74, 6) is -0.420. The van der Waals surface area contributed by atoms with Crippen LogP contribution in [-0.4, -0.2) is 23.9 Å². The van der Waals surface area contributed by atoms with Gasteiger partial charge in [-0.05, 0) is 0 Å². The molecule has 0 aliphatic heterocycles. The zero-order valence-electron chi connectivity index (χ0n) is 5.33. The molecular weight excluding hydrogens is 122 g/mol. The zero-order valence-corrected chi connectivity index (χ0v) is 5.33. The highest BCUT2D eigenvalue weighted by molar-refractivity contribution is 5.66. The van der Waals surface area contributed by atoms with Crippen LogP contribution in [-0.2, 0) is 9.53 Å². The van der Waals surface area contributed by atoms with Gasteiger partial charge < -0.3 is 9.84 Å². The maximum atomic E-state index is 10.1. The molecule has 0 aliphatic rings. The first-order valence-corrected chi connectivity index (χ1v) is 2.70. The largest absolute Gasteiger partial charge is 0.447 e. The lowest BCUT2D eigenvalue weighted by Gasteiger charge is -2.08. The highest BCUT2D eigenvalue weighted by Crippen LogP contribution is 1.88. The average molecular weight is 133 g/mol. The number of ether oxygens (including phenoxy) is 1. The van der Waals surface area contributed by atoms with Gasteiger partial charge in [-0.25, -0.2) is 0 Å². The Balaban J connectivity index is 3.26. The number of carbonyl (C=O) groups excluding carboxylic acids is 1. The summed E-state index contributed by atoms with van der Waals surface area (Å²) >= 11 is 0. The minimum atomic E-state index is -0.660. The lowest BCUT2D eigenvalue weighted by atomic mass is 10.4. The molecule has 9 heavy (non-hydrogen) atoms. The van der Waals surface area contributed by atoms with Gasteiger partial charge in [0, 0.05) is 20.0 Å². The van der Waals surface area contributed by atoms with Crippen molar-refractivity contribution in [1.82, 2.24) is 0 Å². The van der Waals surface area contributed by atoms with Crippen molar-refractivity contribution in [3.63, 3.8) is 0 Å². The molecule has 0 saturated carbocycles. The van der Waals surface area contributed by atoms with Crippen molar-refractivity contribution < 1.29 is 14.6 Å². The molecule has 1 unspecified atom stereocenters. The summed E-state index contributed by atoms with van der Waals surface area (Å²) in [5.41, 5.74) is 5.18. The predicted octanol–water partition coefficient (Wildman–Crippen LogP) is -0.783. The monoisotopic (exact) mass is 133 g/mol. The molecule has 54 valence electrons. The van der Waals surface area contributed by atoms with E-state index in [-0.39, 0.29) is 6.61 Å². The third-order valence-corrected chi connectivity index (χ3v) is 0.731. The molecule has 0 heterocycles. The zero-order chi connectivity index (χ0) is 7.28. The molecular formula is C5H11NO3. The first-order valence-electron chi connectivity index (χ1n) is 2.70. The molecule has 0 fully saturated rings. The van der Waals surface area contributed by atoms with Crippen LogP contribution in [0.25, 0.3) is 0 Å². The lowest BCUT2D eigenvalue weighted by molar-refractivity contribution is -0.146. The summed E-state index contributed by atoms with van der Waals surface area (Å²) in [4.78, 5) is 10.1. The predicted molar refractivity (Wildman–Crippen MR) is 31.4 cm³/mol. The van der Waals surface area contributed by atoms with E-state index in [0.717, 1.165) is 0 Å². The van der Waals surface area contributed by atoms with Gasteiger partial charge in [0.15, 0.2) is 6.23 Å². The minimum absolute atomic E-state index is 0.0611. The van der Waals surface area contributed by atoms with Crippen LogP contribution in [0.5, 0.6) is 0 Å². The standard InChI is InChI=1S/C5H11NO3/c1-4(8)9-5(6)2-3-7/h5,7H,2-3,6H2,1H3. The fourth-order valence-corrected chi connectivity index (χ4v) is 0.399. The van der Waals surface area contributed by atoms with E-state index < -0.39 is 12.2 Å². The molecule has 0 radical (unpaired) electrons. The van der Waals surface area contributed by atoms with Crippen molar-refractivity contribution in [2.75, 3.05) is 6.61 Å². The molecule has 0 bridgehead atoms. The quantitative estimate of drug-likeness (QED) is 0.391. The van der Waals surface area contributed by atoms with E-state index in [1.807, 2.05) is 0 Å². The van der Waals surface area contributed by atoms with Crippen molar-refractivity contribution >= 4 is 5.97 Å². The first kappa shape index (κ1) is 8.39. The lowest BCUT2D eigenvalue weighted by Crippen LogP contribution is -2.26. The van der Waals surface area contributed by atoms with Crippen LogP contribution in [0, 0.1) is 0 Å². The average Bonchev–Trinajstić information content (AvgIpc) is 1.63. The van der Waals surface area contributed by atoms with Crippen molar-refractivity contribution in [1.29, 1.82) is 0 Å². The molecule has 0 amide bonds. The smallest absolute Gasteiger partial charge is 0.304 e. The number of rotatable bonds is 3. The van der Waals surface area contributed by atoms with E-state index in [1.54, 1.807) is 0 Å². The number of aliphatic hydroxyl groups excluding tert-OH is 1. The van der Waals surface area contributed by atoms with Crippen molar-refractivity contribution in [3.05, 3.63) is 0 Å². The fraction of sp³-hybridized carbons (Fsp3) is 0.800. The molecule has 0 spiro atoms. The summed E-state index contributed by atoms with van der Waals surface area (Å²) in [5, 5.41) is 8.28. The number of hydrogen-bond donors (Lipinski definition) is 2. The Morgan fingerprint density at radius 1 is 1.89 bits per heavy atom. The first-order chi connectivity index (χ1) is 4.16. The van der Waals surface area contributed by atoms with Gasteiger partial charge in [0.05, 0.1) is 0 Å². The minimum Gasteiger partial charge on any atom is -0.447 e. The molecule has 0 aromatic heterocycles. The van der Waals surface area contributed by atoms with Crippen LogP contribution in [0.4, 0.5) is 0 Å². The molecule has 0 aliphatic carbocycles. The number of nitrogens with two attached hydrogens (primary N) is 1. The summed E-state index contributed by atoms with van der Waals surface area (Å²) in [6.07, 6.45) is -0.368. The molecule has 0 saturated heterocycles. The number of aliphatic hydroxyl groups is 1. The van der Waals surface area contributed by atoms with E-state index in [1.165, 1.54) is 6.92 Å². The second kappa shape index (κ2) is 4.29. The van der Waals surface area contributed by atoms with Crippen LogP contribution in [0.2, 0.25) is 0 Å². The molecule has 4 nitrogen and oxygen atoms in total. The van der Waals surface area contributed by atoms with Gasteiger partial charge >= 0.3 is 5.97 Å². The second-order valence-corrected chi connectivity index (χ2v) is 1.66. The van der Waals surface area contributed by atoms with Crippen molar-refractivity contribution in [2.45, 2.75) is 19.6 Å². The summed E-state index contributed by atoms with van der Waals surface area (Å²) in [6, 6.07) is 0. The van der Waals surface area contributed by atoms with Crippen LogP contribution in [0.15, 0.2) is 0 Å². The van der Waals surface area contributed by atoms with Gasteiger partial charge in [0.1, 0.15) is 0 Å². The SMILES string of the molecule is CC(=O)OC(N)CCO. The van der Waals surface area contributed by atoms with Crippen LogP contribution in [0.3, 0.4) is 0 Å². The van der Waals surface area contributed by atoms with Gasteiger partial charge in [0.25, 0.3) is 0 Å². The third kappa shape index (κ3) is 5.26. The van der Waals surface area contributed by atoms with Gasteiger partial charge in [-0.15, -0.1) is 0 Å². The molecule has 1 atom stereocenters. The number of hydrogen-bond acceptors (Lipinski definition) is 4. The molecule has 0 rings (SSSR count). The van der Waals surface area contributed by atoms with Gasteiger partial charge in [-0.1, -0.05) is 0 Å². The third-order valence-electron chi connectivity index (χ3n) is 0.731. The summed E-state index contributed by atoms with van der Waals surface area (Å²) < 4.78 is 4.47. The Bertz CT molecular complexity index is 94.2. The Kier molecular flexibility index (Phi) is 4.00. The molecule has 0 aromatic carbocycles. The van der Waals surface area contributed by atoms with Crippen LogP contribution >= 0.6 is 0 Å². The van der Waals surface area contributed by atoms with Gasteiger partial charge in [0.2, 0.25) is 0 Å². The second-order valence-electron chi connectivity index (χ2n) is 1.66. The fourth-order valence-electron chi connectivity index (χ4n) is 0.399. The van der Waals surface area contributed by atoms with Gasteiger partial charge in [-0.2, -0.15) is 0 Å². The van der Waals surface area contributed by atoms with E-state index in [4.69, 9.17) is 10.8 Å². The maximum absolute atomic E-state index is 10.1. The van der Waals surface area contributed by atoms with Crippen LogP contribution in [0.1, 0.15) is 13.3 Å². The van der Waals surface area contributed by atoms with Crippen LogP contribution < -0.4 is 5.73 Å². The van der Waals surface area contributed by atoms with E-state index in [0.29, 0.717) is 6.42 Å². The Morgan fingerprint density at radius 2 is 2.44 bits per heavy atom. The number of esters is 1. The topological polar surface area (TPSA) is 72.5 Å². The number of carbonyl (C=O) groups is 1. The molecule has 3 N–H and O–H groups in total. The highest BCUT2D eigenvalue weighted by Gasteiger charge is 2.02. The molecule has 4 heteroatoms. The van der Waals surface area contributed by atoms with Crippen molar-refractivity contribution in [3.8, 4) is 0 Å². The van der Waals surface area contributed by atoms with E-state index in [9.17, 15) is 4.79 Å². The highest BCUT2D eigenvalue weighted by atomic mass is 16.6. The summed E-state index contributed by atoms with van der Waals surface area (Å²) in [7, 11) is 0. The van der Waals surface area contributed by atoms with Crippen molar-refractivity contribution in [2.24, 2.45) is 5.73 Å². The Morgan fingerprint density at radius 3 is 2.78 bits per heavy atom. The van der Waals surface area contributed by atoms with E-state index in [2.05, 4.69) is 4.74 Å². The normalized spacial score (nSPS) is 12.8. The van der Waals surface area contributed by atoms with E-state index >= 15 is 0 Å². The molecule has 0 aromatic rings. The Labute approximate surface area is 53.6 Å². The maximum Gasteiger partial charge on any atom is 0.304 e.